The highest BCUT2D eigenvalue weighted by Crippen LogP contribution is 2.25. The Morgan fingerprint density at radius 1 is 1.08 bits per heavy atom. The second-order valence-corrected chi connectivity index (χ2v) is 8.50. The van der Waals surface area contributed by atoms with Gasteiger partial charge in [0.15, 0.2) is 5.78 Å². The average Bonchev–Trinajstić information content (AvgIpc) is 2.53. The highest BCUT2D eigenvalue weighted by atomic mass is 79.9. The molecule has 0 saturated carbocycles. The van der Waals surface area contributed by atoms with E-state index in [0.717, 1.165) is 5.56 Å². The molecular formula is C18H19BrO4S. The number of carbonyl (C=O) groups is 1. The first-order chi connectivity index (χ1) is 11.1. The number of Topliss-reactive ketones (excluding diaryl/α,β-unsaturated/α-hetero) is 1. The molecule has 0 saturated heterocycles. The summed E-state index contributed by atoms with van der Waals surface area (Å²) in [6.45, 7) is 6.16. The monoisotopic (exact) mass is 410 g/mol. The lowest BCUT2D eigenvalue weighted by Crippen LogP contribution is -2.13. The van der Waals surface area contributed by atoms with E-state index in [-0.39, 0.29) is 27.2 Å². The van der Waals surface area contributed by atoms with Crippen LogP contribution in [0.4, 0.5) is 0 Å². The van der Waals surface area contributed by atoms with Crippen LogP contribution in [0.2, 0.25) is 0 Å². The number of alkyl halides is 1. The molecule has 0 aliphatic heterocycles. The van der Waals surface area contributed by atoms with Crippen LogP contribution in [0.25, 0.3) is 0 Å². The van der Waals surface area contributed by atoms with Crippen LogP contribution in [0.1, 0.15) is 36.7 Å². The van der Waals surface area contributed by atoms with E-state index in [1.54, 1.807) is 24.3 Å². The van der Waals surface area contributed by atoms with Crippen LogP contribution in [-0.4, -0.2) is 19.5 Å². The van der Waals surface area contributed by atoms with E-state index < -0.39 is 10.1 Å². The molecular weight excluding hydrogens is 392 g/mol. The van der Waals surface area contributed by atoms with Gasteiger partial charge in [-0.1, -0.05) is 61.0 Å². The molecule has 0 radical (unpaired) electrons. The highest BCUT2D eigenvalue weighted by Gasteiger charge is 2.19. The van der Waals surface area contributed by atoms with E-state index >= 15 is 0 Å². The standard InChI is InChI=1S/C18H19BrO4S/c1-18(2,3)14-7-9-16(10-8-14)24(21,22)23-15-6-4-5-13(11-15)17(20)12-19/h4-11H,12H2,1-3H3. The van der Waals surface area contributed by atoms with Crippen LogP contribution in [0, 0.1) is 0 Å². The van der Waals surface area contributed by atoms with Crippen molar-refractivity contribution in [3.05, 3.63) is 59.7 Å². The number of benzene rings is 2. The van der Waals surface area contributed by atoms with E-state index in [0.29, 0.717) is 5.56 Å². The molecule has 128 valence electrons. The topological polar surface area (TPSA) is 60.4 Å². The molecule has 2 rings (SSSR count). The first-order valence-electron chi connectivity index (χ1n) is 7.38. The third-order valence-corrected chi connectivity index (χ3v) is 5.26. The fraction of sp³-hybridized carbons (Fsp3) is 0.278. The zero-order valence-electron chi connectivity index (χ0n) is 13.7. The molecule has 0 amide bonds. The molecule has 4 nitrogen and oxygen atoms in total. The summed E-state index contributed by atoms with van der Waals surface area (Å²) in [5.74, 6) is -0.0333. The second-order valence-electron chi connectivity index (χ2n) is 6.40. The lowest BCUT2D eigenvalue weighted by molar-refractivity contribution is 0.102. The third-order valence-electron chi connectivity index (χ3n) is 3.49. The summed E-state index contributed by atoms with van der Waals surface area (Å²) >= 11 is 3.09. The van der Waals surface area contributed by atoms with Gasteiger partial charge < -0.3 is 4.18 Å². The Kier molecular flexibility index (Phi) is 5.50. The van der Waals surface area contributed by atoms with Gasteiger partial charge in [0.05, 0.1) is 5.33 Å². The van der Waals surface area contributed by atoms with Crippen molar-refractivity contribution in [2.75, 3.05) is 5.33 Å². The third kappa shape index (κ3) is 4.45. The van der Waals surface area contributed by atoms with Gasteiger partial charge in [0.1, 0.15) is 10.6 Å². The molecule has 0 bridgehead atoms. The van der Waals surface area contributed by atoms with E-state index in [1.807, 2.05) is 0 Å². The van der Waals surface area contributed by atoms with Crippen molar-refractivity contribution in [1.29, 1.82) is 0 Å². The molecule has 0 fully saturated rings. The van der Waals surface area contributed by atoms with Crippen LogP contribution >= 0.6 is 15.9 Å². The van der Waals surface area contributed by atoms with Crippen molar-refractivity contribution in [3.8, 4) is 5.75 Å². The summed E-state index contributed by atoms with van der Waals surface area (Å²) < 4.78 is 29.9. The van der Waals surface area contributed by atoms with Crippen molar-refractivity contribution < 1.29 is 17.4 Å². The van der Waals surface area contributed by atoms with Crippen LogP contribution < -0.4 is 4.18 Å². The van der Waals surface area contributed by atoms with Crippen molar-refractivity contribution in [1.82, 2.24) is 0 Å². The fourth-order valence-electron chi connectivity index (χ4n) is 2.09. The highest BCUT2D eigenvalue weighted by molar-refractivity contribution is 9.09. The van der Waals surface area contributed by atoms with Gasteiger partial charge in [0.2, 0.25) is 0 Å². The molecule has 0 atom stereocenters. The number of ketones is 1. The van der Waals surface area contributed by atoms with Gasteiger partial charge in [-0.25, -0.2) is 0 Å². The predicted molar refractivity (Wildman–Crippen MR) is 97.5 cm³/mol. The Labute approximate surface area is 151 Å². The van der Waals surface area contributed by atoms with Crippen LogP contribution in [0.5, 0.6) is 5.75 Å². The normalized spacial score (nSPS) is 12.0. The summed E-state index contributed by atoms with van der Waals surface area (Å²) in [5.41, 5.74) is 1.36. The van der Waals surface area contributed by atoms with E-state index in [9.17, 15) is 13.2 Å². The largest absolute Gasteiger partial charge is 0.379 e. The molecule has 2 aromatic rings. The molecule has 24 heavy (non-hydrogen) atoms. The molecule has 0 aromatic heterocycles. The number of rotatable bonds is 5. The van der Waals surface area contributed by atoms with Crippen molar-refractivity contribution in [2.24, 2.45) is 0 Å². The maximum Gasteiger partial charge on any atom is 0.339 e. The zero-order chi connectivity index (χ0) is 18.0. The maximum atomic E-state index is 12.4. The minimum absolute atomic E-state index is 0.0620. The Bertz CT molecular complexity index is 834. The van der Waals surface area contributed by atoms with Gasteiger partial charge >= 0.3 is 10.1 Å². The Balaban J connectivity index is 2.27. The minimum atomic E-state index is -3.95. The first kappa shape index (κ1) is 18.7. The quantitative estimate of drug-likeness (QED) is 0.418. The number of hydrogen-bond acceptors (Lipinski definition) is 4. The van der Waals surface area contributed by atoms with E-state index in [2.05, 4.69) is 36.7 Å². The Hall–Kier alpha value is -1.66. The van der Waals surface area contributed by atoms with E-state index in [1.165, 1.54) is 24.3 Å². The van der Waals surface area contributed by atoms with Gasteiger partial charge in [0, 0.05) is 5.56 Å². The van der Waals surface area contributed by atoms with Gasteiger partial charge in [-0.05, 0) is 35.2 Å². The van der Waals surface area contributed by atoms with Gasteiger partial charge in [-0.3, -0.25) is 4.79 Å². The summed E-state index contributed by atoms with van der Waals surface area (Å²) in [6, 6.07) is 12.7. The summed E-state index contributed by atoms with van der Waals surface area (Å²) in [7, 11) is -3.95. The number of halogens is 1. The van der Waals surface area contributed by atoms with Gasteiger partial charge in [0.25, 0.3) is 0 Å². The summed E-state index contributed by atoms with van der Waals surface area (Å²) in [4.78, 5) is 11.8. The summed E-state index contributed by atoms with van der Waals surface area (Å²) in [5, 5.41) is 0.164. The first-order valence-corrected chi connectivity index (χ1v) is 9.91. The predicted octanol–water partition coefficient (Wildman–Crippen LogP) is 4.33. The molecule has 2 aromatic carbocycles. The second kappa shape index (κ2) is 7.07. The van der Waals surface area contributed by atoms with Crippen molar-refractivity contribution in [3.63, 3.8) is 0 Å². The molecule has 6 heteroatoms. The lowest BCUT2D eigenvalue weighted by Gasteiger charge is -2.19. The molecule has 0 unspecified atom stereocenters. The van der Waals surface area contributed by atoms with Crippen LogP contribution in [0.3, 0.4) is 0 Å². The molecule has 0 N–H and O–H groups in total. The zero-order valence-corrected chi connectivity index (χ0v) is 16.1. The number of hydrogen-bond donors (Lipinski definition) is 0. The van der Waals surface area contributed by atoms with Crippen LogP contribution in [-0.2, 0) is 15.5 Å². The number of carbonyl (C=O) groups excluding carboxylic acids is 1. The van der Waals surface area contributed by atoms with E-state index in [4.69, 9.17) is 4.18 Å². The van der Waals surface area contributed by atoms with Crippen molar-refractivity contribution in [2.45, 2.75) is 31.1 Å². The lowest BCUT2D eigenvalue weighted by atomic mass is 9.87. The van der Waals surface area contributed by atoms with Crippen LogP contribution in [0.15, 0.2) is 53.4 Å². The van der Waals surface area contributed by atoms with Gasteiger partial charge in [-0.15, -0.1) is 0 Å². The molecule has 0 aliphatic carbocycles. The maximum absolute atomic E-state index is 12.4. The average molecular weight is 411 g/mol. The fourth-order valence-corrected chi connectivity index (χ4v) is 3.34. The summed E-state index contributed by atoms with van der Waals surface area (Å²) in [6.07, 6.45) is 0. The molecule has 0 heterocycles. The SMILES string of the molecule is CC(C)(C)c1ccc(S(=O)(=O)Oc2cccc(C(=O)CBr)c2)cc1. The Morgan fingerprint density at radius 2 is 1.71 bits per heavy atom. The molecule has 0 aliphatic rings. The molecule has 0 spiro atoms. The van der Waals surface area contributed by atoms with Gasteiger partial charge in [-0.2, -0.15) is 8.42 Å². The smallest absolute Gasteiger partial charge is 0.339 e. The Morgan fingerprint density at radius 3 is 2.25 bits per heavy atom. The minimum Gasteiger partial charge on any atom is -0.379 e. The van der Waals surface area contributed by atoms with Crippen molar-refractivity contribution >= 4 is 31.8 Å².